The van der Waals surface area contributed by atoms with E-state index in [0.717, 1.165) is 44.0 Å². The smallest absolute Gasteiger partial charge is 0.125 e. The number of rotatable bonds is 7. The first-order valence-corrected chi connectivity index (χ1v) is 10.9. The van der Waals surface area contributed by atoms with Gasteiger partial charge in [0.05, 0.1) is 0 Å². The van der Waals surface area contributed by atoms with Crippen LogP contribution in [0.25, 0.3) is 0 Å². The summed E-state index contributed by atoms with van der Waals surface area (Å²) in [7, 11) is 0. The summed E-state index contributed by atoms with van der Waals surface area (Å²) < 4.78 is 46.8. The summed E-state index contributed by atoms with van der Waals surface area (Å²) in [5, 5.41) is 0. The molecule has 1 heterocycles. The van der Waals surface area contributed by atoms with Gasteiger partial charge in [-0.05, 0) is 72.6 Å². The second-order valence-corrected chi connectivity index (χ2v) is 8.17. The Labute approximate surface area is 187 Å². The molecule has 0 amide bonds. The lowest BCUT2D eigenvalue weighted by molar-refractivity contribution is 0.159. The molecule has 168 valence electrons. The van der Waals surface area contributed by atoms with Crippen LogP contribution in [-0.2, 0) is 0 Å². The zero-order valence-electron chi connectivity index (χ0n) is 18.1. The van der Waals surface area contributed by atoms with Gasteiger partial charge in [0.25, 0.3) is 0 Å². The van der Waals surface area contributed by atoms with Gasteiger partial charge in [-0.1, -0.05) is 12.1 Å². The van der Waals surface area contributed by atoms with Crippen LogP contribution in [0.4, 0.5) is 18.9 Å². The fourth-order valence-electron chi connectivity index (χ4n) is 4.08. The zero-order valence-corrected chi connectivity index (χ0v) is 18.1. The molecular weight excluding hydrogens is 413 g/mol. The molecule has 4 rings (SSSR count). The first kappa shape index (κ1) is 22.2. The van der Waals surface area contributed by atoms with Gasteiger partial charge in [-0.3, -0.25) is 4.90 Å². The van der Waals surface area contributed by atoms with Crippen LogP contribution in [0.3, 0.4) is 0 Å². The number of nitrogens with zero attached hydrogens (tertiary/aromatic N) is 2. The molecule has 1 aliphatic heterocycles. The Morgan fingerprint density at radius 2 is 1.50 bits per heavy atom. The largest absolute Gasteiger partial charge is 0.485 e. The molecule has 0 aromatic heterocycles. The van der Waals surface area contributed by atoms with Gasteiger partial charge in [-0.15, -0.1) is 0 Å². The molecule has 0 bridgehead atoms. The van der Waals surface area contributed by atoms with E-state index >= 15 is 0 Å². The van der Waals surface area contributed by atoms with Crippen LogP contribution in [0.5, 0.6) is 5.75 Å². The van der Waals surface area contributed by atoms with E-state index in [4.69, 9.17) is 4.74 Å². The third-order valence-electron chi connectivity index (χ3n) is 5.90. The second kappa shape index (κ2) is 10.1. The van der Waals surface area contributed by atoms with Crippen molar-refractivity contribution in [3.8, 4) is 5.75 Å². The Kier molecular flexibility index (Phi) is 7.00. The van der Waals surface area contributed by atoms with Crippen LogP contribution in [0.15, 0.2) is 66.7 Å². The second-order valence-electron chi connectivity index (χ2n) is 8.17. The lowest BCUT2D eigenvalue weighted by Gasteiger charge is -2.36. The Bertz CT molecular complexity index is 1030. The topological polar surface area (TPSA) is 15.7 Å². The van der Waals surface area contributed by atoms with E-state index in [0.29, 0.717) is 17.7 Å². The van der Waals surface area contributed by atoms with Gasteiger partial charge in [-0.25, -0.2) is 13.2 Å². The summed E-state index contributed by atoms with van der Waals surface area (Å²) in [5.74, 6) is -0.245. The average molecular weight is 441 g/mol. The van der Waals surface area contributed by atoms with Crippen molar-refractivity contribution < 1.29 is 17.9 Å². The first-order chi connectivity index (χ1) is 15.5. The summed E-state index contributed by atoms with van der Waals surface area (Å²) in [6, 6.07) is 17.5. The highest BCUT2D eigenvalue weighted by molar-refractivity contribution is 5.46. The molecule has 1 atom stereocenters. The summed E-state index contributed by atoms with van der Waals surface area (Å²) >= 11 is 0. The molecule has 3 aromatic carbocycles. The summed E-state index contributed by atoms with van der Waals surface area (Å²) in [5.41, 5.74) is 2.50. The highest BCUT2D eigenvalue weighted by atomic mass is 19.1. The van der Waals surface area contributed by atoms with E-state index in [1.165, 1.54) is 36.4 Å². The van der Waals surface area contributed by atoms with Crippen LogP contribution in [-0.4, -0.2) is 37.6 Å². The Morgan fingerprint density at radius 3 is 2.19 bits per heavy atom. The van der Waals surface area contributed by atoms with Crippen molar-refractivity contribution in [1.82, 2.24) is 4.90 Å². The predicted octanol–water partition coefficient (Wildman–Crippen LogP) is 5.74. The molecule has 32 heavy (non-hydrogen) atoms. The zero-order chi connectivity index (χ0) is 22.5. The first-order valence-electron chi connectivity index (χ1n) is 10.9. The van der Waals surface area contributed by atoms with Crippen molar-refractivity contribution in [2.75, 3.05) is 37.6 Å². The molecule has 1 unspecified atom stereocenters. The van der Waals surface area contributed by atoms with Crippen molar-refractivity contribution in [2.45, 2.75) is 19.4 Å². The maximum Gasteiger partial charge on any atom is 0.125 e. The maximum atomic E-state index is 13.9. The molecule has 1 aliphatic rings. The monoisotopic (exact) mass is 440 g/mol. The van der Waals surface area contributed by atoms with Crippen molar-refractivity contribution >= 4 is 5.69 Å². The molecule has 3 aromatic rings. The minimum Gasteiger partial charge on any atom is -0.485 e. The fraction of sp³-hybridized carbons (Fsp3) is 0.308. The van der Waals surface area contributed by atoms with Gasteiger partial charge in [0, 0.05) is 44.8 Å². The molecule has 1 fully saturated rings. The molecule has 0 N–H and O–H groups in total. The van der Waals surface area contributed by atoms with E-state index < -0.39 is 0 Å². The molecule has 6 heteroatoms. The minimum atomic E-state index is -0.343. The standard InChI is InChI=1S/C26H27F3N2O/c1-19-17-23(29)7-10-25(19)32-26(20-3-2-4-22(28)18-20)11-12-30-13-15-31(16-14-30)24-8-5-21(27)6-9-24/h2-10,17-18,26H,11-16H2,1H3. The van der Waals surface area contributed by atoms with E-state index in [2.05, 4.69) is 9.80 Å². The van der Waals surface area contributed by atoms with Crippen molar-refractivity contribution in [1.29, 1.82) is 0 Å². The average Bonchev–Trinajstić information content (AvgIpc) is 2.79. The van der Waals surface area contributed by atoms with Crippen molar-refractivity contribution in [2.24, 2.45) is 0 Å². The molecule has 0 saturated carbocycles. The normalized spacial score (nSPS) is 15.6. The molecule has 0 aliphatic carbocycles. The third-order valence-corrected chi connectivity index (χ3v) is 5.90. The molecule has 0 radical (unpaired) electrons. The Morgan fingerprint density at radius 1 is 0.812 bits per heavy atom. The Hall–Kier alpha value is -2.99. The molecular formula is C26H27F3N2O. The van der Waals surface area contributed by atoms with Gasteiger partial charge in [0.1, 0.15) is 29.3 Å². The predicted molar refractivity (Wildman–Crippen MR) is 121 cm³/mol. The molecule has 3 nitrogen and oxygen atoms in total. The number of piperazine rings is 1. The number of aryl methyl sites for hydroxylation is 1. The lowest BCUT2D eigenvalue weighted by atomic mass is 10.1. The number of ether oxygens (including phenoxy) is 1. The third kappa shape index (κ3) is 5.62. The van der Waals surface area contributed by atoms with Gasteiger partial charge < -0.3 is 9.64 Å². The lowest BCUT2D eigenvalue weighted by Crippen LogP contribution is -2.46. The quantitative estimate of drug-likeness (QED) is 0.466. The van der Waals surface area contributed by atoms with Crippen LogP contribution in [0.2, 0.25) is 0 Å². The SMILES string of the molecule is Cc1cc(F)ccc1OC(CCN1CCN(c2ccc(F)cc2)CC1)c1cccc(F)c1. The van der Waals surface area contributed by atoms with E-state index in [9.17, 15) is 13.2 Å². The number of hydrogen-bond acceptors (Lipinski definition) is 3. The van der Waals surface area contributed by atoms with Crippen molar-refractivity contribution in [3.05, 3.63) is 95.3 Å². The fourth-order valence-corrected chi connectivity index (χ4v) is 4.08. The highest BCUT2D eigenvalue weighted by Gasteiger charge is 2.21. The van der Waals surface area contributed by atoms with Crippen molar-refractivity contribution in [3.63, 3.8) is 0 Å². The van der Waals surface area contributed by atoms with Crippen LogP contribution in [0.1, 0.15) is 23.7 Å². The summed E-state index contributed by atoms with van der Waals surface area (Å²) in [6.45, 7) is 6.06. The Balaban J connectivity index is 1.40. The van der Waals surface area contributed by atoms with Gasteiger partial charge in [0.2, 0.25) is 0 Å². The maximum absolute atomic E-state index is 13.9. The minimum absolute atomic E-state index is 0.229. The van der Waals surface area contributed by atoms with E-state index in [1.807, 2.05) is 18.2 Å². The van der Waals surface area contributed by atoms with E-state index in [-0.39, 0.29) is 23.6 Å². The number of hydrogen-bond donors (Lipinski definition) is 0. The number of anilines is 1. The van der Waals surface area contributed by atoms with E-state index in [1.54, 1.807) is 19.1 Å². The summed E-state index contributed by atoms with van der Waals surface area (Å²) in [4.78, 5) is 4.60. The van der Waals surface area contributed by atoms with Gasteiger partial charge in [0.15, 0.2) is 0 Å². The van der Waals surface area contributed by atoms with Crippen LogP contribution in [0, 0.1) is 24.4 Å². The van der Waals surface area contributed by atoms with Crippen LogP contribution >= 0.6 is 0 Å². The van der Waals surface area contributed by atoms with Gasteiger partial charge in [-0.2, -0.15) is 0 Å². The molecule has 0 spiro atoms. The highest BCUT2D eigenvalue weighted by Crippen LogP contribution is 2.29. The summed E-state index contributed by atoms with van der Waals surface area (Å²) in [6.07, 6.45) is 0.335. The number of halogens is 3. The number of benzene rings is 3. The van der Waals surface area contributed by atoms with Gasteiger partial charge >= 0.3 is 0 Å². The molecule has 1 saturated heterocycles. The van der Waals surface area contributed by atoms with Crippen LogP contribution < -0.4 is 9.64 Å².